The number of likely N-dealkylation sites (tertiary alicyclic amines) is 2. The smallest absolute Gasteiger partial charge is 0.122 e. The van der Waals surface area contributed by atoms with Crippen molar-refractivity contribution in [1.82, 2.24) is 9.80 Å². The van der Waals surface area contributed by atoms with Crippen molar-refractivity contribution < 1.29 is 4.39 Å². The lowest BCUT2D eigenvalue weighted by molar-refractivity contribution is -0.0928. The van der Waals surface area contributed by atoms with Crippen LogP contribution in [0.25, 0.3) is 0 Å². The zero-order valence-corrected chi connectivity index (χ0v) is 9.68. The molecule has 1 atom stereocenters. The van der Waals surface area contributed by atoms with Crippen molar-refractivity contribution >= 4 is 0 Å². The zero-order valence-electron chi connectivity index (χ0n) is 9.68. The van der Waals surface area contributed by atoms with E-state index in [-0.39, 0.29) is 11.1 Å². The van der Waals surface area contributed by atoms with Crippen molar-refractivity contribution in [3.05, 3.63) is 0 Å². The Morgan fingerprint density at radius 2 is 1.86 bits per heavy atom. The van der Waals surface area contributed by atoms with Gasteiger partial charge in [-0.05, 0) is 34.2 Å². The molecular weight excluding hydrogens is 179 g/mol. The monoisotopic (exact) mass is 200 g/mol. The van der Waals surface area contributed by atoms with E-state index in [9.17, 15) is 4.39 Å². The van der Waals surface area contributed by atoms with E-state index >= 15 is 0 Å². The fourth-order valence-corrected chi connectivity index (χ4v) is 2.57. The van der Waals surface area contributed by atoms with Crippen LogP contribution in [0.3, 0.4) is 0 Å². The third-order valence-corrected chi connectivity index (χ3v) is 3.94. The van der Waals surface area contributed by atoms with Crippen LogP contribution in [0.2, 0.25) is 0 Å². The molecule has 2 aliphatic heterocycles. The SMILES string of the molecule is CN1CC[C@H](F)C12CN(C(C)(C)C)C2. The fourth-order valence-electron chi connectivity index (χ4n) is 2.57. The summed E-state index contributed by atoms with van der Waals surface area (Å²) in [5.74, 6) is 0. The molecule has 0 aromatic heterocycles. The Labute approximate surface area is 86.1 Å². The molecule has 1 spiro atoms. The van der Waals surface area contributed by atoms with Gasteiger partial charge in [0.1, 0.15) is 6.17 Å². The lowest BCUT2D eigenvalue weighted by Crippen LogP contribution is -2.73. The summed E-state index contributed by atoms with van der Waals surface area (Å²) >= 11 is 0. The highest BCUT2D eigenvalue weighted by molar-refractivity contribution is 5.13. The van der Waals surface area contributed by atoms with Crippen LogP contribution in [-0.2, 0) is 0 Å². The van der Waals surface area contributed by atoms with Gasteiger partial charge >= 0.3 is 0 Å². The maximum atomic E-state index is 13.8. The van der Waals surface area contributed by atoms with Crippen molar-refractivity contribution in [2.75, 3.05) is 26.7 Å². The maximum absolute atomic E-state index is 13.8. The summed E-state index contributed by atoms with van der Waals surface area (Å²) in [7, 11) is 2.06. The number of alkyl halides is 1. The molecular formula is C11H21FN2. The predicted molar refractivity (Wildman–Crippen MR) is 56.2 cm³/mol. The quantitative estimate of drug-likeness (QED) is 0.585. The van der Waals surface area contributed by atoms with Gasteiger partial charge < -0.3 is 0 Å². The zero-order chi connectivity index (χ0) is 10.6. The van der Waals surface area contributed by atoms with Crippen molar-refractivity contribution in [3.63, 3.8) is 0 Å². The Hall–Kier alpha value is -0.150. The molecule has 0 radical (unpaired) electrons. The van der Waals surface area contributed by atoms with Gasteiger partial charge in [-0.3, -0.25) is 9.80 Å². The van der Waals surface area contributed by atoms with Crippen LogP contribution in [0, 0.1) is 0 Å². The molecule has 2 fully saturated rings. The van der Waals surface area contributed by atoms with Crippen LogP contribution in [0.15, 0.2) is 0 Å². The first-order valence-corrected chi connectivity index (χ1v) is 5.47. The van der Waals surface area contributed by atoms with E-state index in [2.05, 4.69) is 37.6 Å². The minimum atomic E-state index is -0.619. The molecule has 0 aromatic carbocycles. The van der Waals surface area contributed by atoms with Gasteiger partial charge in [-0.2, -0.15) is 0 Å². The van der Waals surface area contributed by atoms with Gasteiger partial charge in [0.15, 0.2) is 0 Å². The minimum Gasteiger partial charge on any atom is -0.296 e. The Balaban J connectivity index is 2.04. The molecule has 0 aromatic rings. The molecule has 14 heavy (non-hydrogen) atoms. The number of likely N-dealkylation sites (N-methyl/N-ethyl adjacent to an activating group) is 1. The molecule has 2 rings (SSSR count). The average Bonchev–Trinajstić information content (AvgIpc) is 2.22. The molecule has 2 heterocycles. The van der Waals surface area contributed by atoms with Gasteiger partial charge in [0.2, 0.25) is 0 Å². The molecule has 0 unspecified atom stereocenters. The third kappa shape index (κ3) is 1.29. The molecule has 82 valence electrons. The molecule has 0 aliphatic carbocycles. The molecule has 2 aliphatic rings. The number of hydrogen-bond acceptors (Lipinski definition) is 2. The summed E-state index contributed by atoms with van der Waals surface area (Å²) in [6.07, 6.45) is 0.0974. The van der Waals surface area contributed by atoms with E-state index < -0.39 is 6.17 Å². The molecule has 0 amide bonds. The first-order chi connectivity index (χ1) is 6.36. The van der Waals surface area contributed by atoms with E-state index in [4.69, 9.17) is 0 Å². The number of rotatable bonds is 0. The van der Waals surface area contributed by atoms with Crippen molar-refractivity contribution in [1.29, 1.82) is 0 Å². The largest absolute Gasteiger partial charge is 0.296 e. The summed E-state index contributed by atoms with van der Waals surface area (Å²) in [5, 5.41) is 0. The van der Waals surface area contributed by atoms with Gasteiger partial charge in [0.25, 0.3) is 0 Å². The molecule has 2 nitrogen and oxygen atoms in total. The molecule has 0 bridgehead atoms. The molecule has 0 saturated carbocycles. The highest BCUT2D eigenvalue weighted by atomic mass is 19.1. The summed E-state index contributed by atoms with van der Waals surface area (Å²) in [5.41, 5.74) is 0.0433. The summed E-state index contributed by atoms with van der Waals surface area (Å²) in [6, 6.07) is 0. The van der Waals surface area contributed by atoms with Crippen molar-refractivity contribution in [2.24, 2.45) is 0 Å². The fraction of sp³-hybridized carbons (Fsp3) is 1.00. The summed E-state index contributed by atoms with van der Waals surface area (Å²) < 4.78 is 13.8. The predicted octanol–water partition coefficient (Wildman–Crippen LogP) is 1.51. The highest BCUT2D eigenvalue weighted by Crippen LogP contribution is 2.41. The van der Waals surface area contributed by atoms with E-state index in [0.29, 0.717) is 6.42 Å². The number of hydrogen-bond donors (Lipinski definition) is 0. The average molecular weight is 200 g/mol. The van der Waals surface area contributed by atoms with Gasteiger partial charge in [-0.25, -0.2) is 4.39 Å². The van der Waals surface area contributed by atoms with Gasteiger partial charge in [-0.1, -0.05) is 0 Å². The van der Waals surface area contributed by atoms with Gasteiger partial charge in [0.05, 0.1) is 5.54 Å². The second-order valence-corrected chi connectivity index (χ2v) is 5.81. The van der Waals surface area contributed by atoms with Crippen molar-refractivity contribution in [2.45, 2.75) is 44.4 Å². The summed E-state index contributed by atoms with van der Waals surface area (Å²) in [4.78, 5) is 4.57. The number of halogens is 1. The Morgan fingerprint density at radius 3 is 2.21 bits per heavy atom. The van der Waals surface area contributed by atoms with Crippen LogP contribution < -0.4 is 0 Å². The molecule has 2 saturated heterocycles. The van der Waals surface area contributed by atoms with E-state index in [0.717, 1.165) is 19.6 Å². The lowest BCUT2D eigenvalue weighted by atomic mass is 9.82. The standard InChI is InChI=1S/C11H21FN2/c1-10(2,3)14-7-11(8-14)9(12)5-6-13(11)4/h9H,5-8H2,1-4H3/t9-/m0/s1. The maximum Gasteiger partial charge on any atom is 0.122 e. The Bertz CT molecular complexity index is 216. The highest BCUT2D eigenvalue weighted by Gasteiger charge is 2.57. The topological polar surface area (TPSA) is 6.48 Å². The van der Waals surface area contributed by atoms with E-state index in [1.807, 2.05) is 0 Å². The van der Waals surface area contributed by atoms with Crippen LogP contribution in [0.5, 0.6) is 0 Å². The number of nitrogens with zero attached hydrogens (tertiary/aromatic N) is 2. The van der Waals surface area contributed by atoms with Gasteiger partial charge in [-0.15, -0.1) is 0 Å². The van der Waals surface area contributed by atoms with E-state index in [1.54, 1.807) is 0 Å². The van der Waals surface area contributed by atoms with Crippen LogP contribution in [0.4, 0.5) is 4.39 Å². The van der Waals surface area contributed by atoms with Crippen LogP contribution >= 0.6 is 0 Å². The van der Waals surface area contributed by atoms with Gasteiger partial charge in [0, 0.05) is 25.2 Å². The second kappa shape index (κ2) is 2.92. The second-order valence-electron chi connectivity index (χ2n) is 5.81. The van der Waals surface area contributed by atoms with Crippen LogP contribution in [0.1, 0.15) is 27.2 Å². The van der Waals surface area contributed by atoms with Crippen LogP contribution in [-0.4, -0.2) is 53.7 Å². The normalized spacial score (nSPS) is 33.6. The minimum absolute atomic E-state index is 0.146. The third-order valence-electron chi connectivity index (χ3n) is 3.94. The first kappa shape index (κ1) is 10.4. The van der Waals surface area contributed by atoms with Crippen molar-refractivity contribution in [3.8, 4) is 0 Å². The Morgan fingerprint density at radius 1 is 1.29 bits per heavy atom. The lowest BCUT2D eigenvalue weighted by Gasteiger charge is -2.57. The van der Waals surface area contributed by atoms with E-state index in [1.165, 1.54) is 0 Å². The molecule has 3 heteroatoms. The Kier molecular flexibility index (Phi) is 2.16. The molecule has 0 N–H and O–H groups in total. The first-order valence-electron chi connectivity index (χ1n) is 5.47. The summed E-state index contributed by atoms with van der Waals surface area (Å²) in [6.45, 7) is 9.30.